The molecule has 0 aliphatic heterocycles. The van der Waals surface area contributed by atoms with Gasteiger partial charge >= 0.3 is 0 Å². The third-order valence-electron chi connectivity index (χ3n) is 2.96. The van der Waals surface area contributed by atoms with Gasteiger partial charge < -0.3 is 0 Å². The van der Waals surface area contributed by atoms with E-state index >= 15 is 0 Å². The van der Waals surface area contributed by atoms with E-state index in [4.69, 9.17) is 16.9 Å². The molecule has 0 atom stereocenters. The second-order valence-electron chi connectivity index (χ2n) is 4.26. The van der Waals surface area contributed by atoms with Crippen molar-refractivity contribution in [1.82, 2.24) is 9.78 Å². The molecule has 7 heteroatoms. The standard InChI is InChI=1S/C13H12ClN3O2S/c1-10-13(14)9-16-17(10)6-7-20(18,19)12-4-2-11(8-15)3-5-12/h2-5,9H,6-7H2,1H3. The van der Waals surface area contributed by atoms with E-state index in [0.717, 1.165) is 5.69 Å². The van der Waals surface area contributed by atoms with Gasteiger partial charge in [-0.05, 0) is 31.2 Å². The lowest BCUT2D eigenvalue weighted by atomic mass is 10.2. The number of aromatic nitrogens is 2. The average Bonchev–Trinajstić information content (AvgIpc) is 2.77. The molecule has 2 rings (SSSR count). The molecule has 0 N–H and O–H groups in total. The van der Waals surface area contributed by atoms with Crippen molar-refractivity contribution in [2.24, 2.45) is 0 Å². The van der Waals surface area contributed by atoms with Gasteiger partial charge in [-0.25, -0.2) is 8.42 Å². The molecular formula is C13H12ClN3O2S. The molecule has 0 unspecified atom stereocenters. The molecule has 1 aromatic carbocycles. The molecule has 0 saturated heterocycles. The summed E-state index contributed by atoms with van der Waals surface area (Å²) in [7, 11) is -3.40. The molecule has 20 heavy (non-hydrogen) atoms. The minimum Gasteiger partial charge on any atom is -0.267 e. The number of sulfone groups is 1. The smallest absolute Gasteiger partial charge is 0.180 e. The van der Waals surface area contributed by atoms with Crippen LogP contribution in [0, 0.1) is 18.3 Å². The summed E-state index contributed by atoms with van der Waals surface area (Å²) in [6, 6.07) is 7.81. The van der Waals surface area contributed by atoms with Gasteiger partial charge in [0, 0.05) is 0 Å². The van der Waals surface area contributed by atoms with Crippen LogP contribution in [-0.4, -0.2) is 24.0 Å². The van der Waals surface area contributed by atoms with Crippen LogP contribution in [0.25, 0.3) is 0 Å². The van der Waals surface area contributed by atoms with E-state index in [1.54, 1.807) is 11.6 Å². The molecule has 0 bridgehead atoms. The van der Waals surface area contributed by atoms with E-state index < -0.39 is 9.84 Å². The van der Waals surface area contributed by atoms with Crippen molar-refractivity contribution in [3.05, 3.63) is 46.7 Å². The van der Waals surface area contributed by atoms with Crippen LogP contribution < -0.4 is 0 Å². The topological polar surface area (TPSA) is 75.8 Å². The number of hydrogen-bond acceptors (Lipinski definition) is 4. The number of nitriles is 1. The Labute approximate surface area is 122 Å². The Morgan fingerprint density at radius 3 is 2.50 bits per heavy atom. The van der Waals surface area contributed by atoms with Gasteiger partial charge in [0.05, 0.1) is 45.7 Å². The van der Waals surface area contributed by atoms with Gasteiger partial charge in [-0.3, -0.25) is 4.68 Å². The summed E-state index contributed by atoms with van der Waals surface area (Å²) in [6.45, 7) is 2.02. The van der Waals surface area contributed by atoms with Gasteiger partial charge in [0.1, 0.15) is 0 Å². The van der Waals surface area contributed by atoms with Crippen molar-refractivity contribution in [1.29, 1.82) is 5.26 Å². The maximum absolute atomic E-state index is 12.2. The average molecular weight is 310 g/mol. The van der Waals surface area contributed by atoms with Crippen LogP contribution in [0.3, 0.4) is 0 Å². The predicted octanol–water partition coefficient (Wildman–Crippen LogP) is 2.19. The Balaban J connectivity index is 2.15. The van der Waals surface area contributed by atoms with Crippen molar-refractivity contribution in [2.75, 3.05) is 5.75 Å². The quantitative estimate of drug-likeness (QED) is 0.867. The van der Waals surface area contributed by atoms with Crippen molar-refractivity contribution < 1.29 is 8.42 Å². The maximum atomic E-state index is 12.2. The van der Waals surface area contributed by atoms with Crippen molar-refractivity contribution in [2.45, 2.75) is 18.4 Å². The highest BCUT2D eigenvalue weighted by Gasteiger charge is 2.15. The third kappa shape index (κ3) is 3.00. The zero-order valence-corrected chi connectivity index (χ0v) is 12.3. The first-order valence-electron chi connectivity index (χ1n) is 5.85. The zero-order chi connectivity index (χ0) is 14.8. The van der Waals surface area contributed by atoms with Crippen LogP contribution in [-0.2, 0) is 16.4 Å². The molecule has 1 aromatic heterocycles. The minimum atomic E-state index is -3.40. The normalized spacial score (nSPS) is 11.2. The first-order chi connectivity index (χ1) is 9.44. The van der Waals surface area contributed by atoms with Crippen LogP contribution in [0.15, 0.2) is 35.4 Å². The van der Waals surface area contributed by atoms with Gasteiger partial charge in [-0.2, -0.15) is 10.4 Å². The van der Waals surface area contributed by atoms with Gasteiger partial charge in [0.15, 0.2) is 9.84 Å². The fraction of sp³-hybridized carbons (Fsp3) is 0.231. The summed E-state index contributed by atoms with van der Waals surface area (Å²) in [5.41, 5.74) is 1.17. The molecule has 0 spiro atoms. The van der Waals surface area contributed by atoms with Crippen LogP contribution >= 0.6 is 11.6 Å². The van der Waals surface area contributed by atoms with E-state index in [2.05, 4.69) is 5.10 Å². The van der Waals surface area contributed by atoms with Crippen molar-refractivity contribution >= 4 is 21.4 Å². The van der Waals surface area contributed by atoms with Crippen LogP contribution in [0.5, 0.6) is 0 Å². The molecular weight excluding hydrogens is 298 g/mol. The lowest BCUT2D eigenvalue weighted by Crippen LogP contribution is -2.15. The zero-order valence-electron chi connectivity index (χ0n) is 10.7. The first-order valence-corrected chi connectivity index (χ1v) is 7.88. The lowest BCUT2D eigenvalue weighted by molar-refractivity contribution is 0.577. The summed E-state index contributed by atoms with van der Waals surface area (Å²) in [5, 5.41) is 13.2. The Kier molecular flexibility index (Phi) is 4.12. The first kappa shape index (κ1) is 14.6. The van der Waals surface area contributed by atoms with Gasteiger partial charge in [0.25, 0.3) is 0 Å². The van der Waals surface area contributed by atoms with E-state index in [9.17, 15) is 8.42 Å². The maximum Gasteiger partial charge on any atom is 0.180 e. The molecule has 0 radical (unpaired) electrons. The number of hydrogen-bond donors (Lipinski definition) is 0. The van der Waals surface area contributed by atoms with E-state index in [1.807, 2.05) is 6.07 Å². The number of benzene rings is 1. The summed E-state index contributed by atoms with van der Waals surface area (Å²) >= 11 is 5.87. The highest BCUT2D eigenvalue weighted by atomic mass is 35.5. The fourth-order valence-corrected chi connectivity index (χ4v) is 3.05. The van der Waals surface area contributed by atoms with Crippen LogP contribution in [0.4, 0.5) is 0 Å². The molecule has 5 nitrogen and oxygen atoms in total. The molecule has 2 aromatic rings. The number of rotatable bonds is 4. The lowest BCUT2D eigenvalue weighted by Gasteiger charge is -2.06. The Morgan fingerprint density at radius 2 is 2.00 bits per heavy atom. The van der Waals surface area contributed by atoms with E-state index in [0.29, 0.717) is 10.6 Å². The number of aryl methyl sites for hydroxylation is 1. The summed E-state index contributed by atoms with van der Waals surface area (Å²) in [5.74, 6) is -0.0717. The molecule has 1 heterocycles. The Morgan fingerprint density at radius 1 is 1.35 bits per heavy atom. The van der Waals surface area contributed by atoms with Crippen molar-refractivity contribution in [3.8, 4) is 6.07 Å². The molecule has 0 fully saturated rings. The van der Waals surface area contributed by atoms with E-state index in [1.165, 1.54) is 30.5 Å². The van der Waals surface area contributed by atoms with Gasteiger partial charge in [0.2, 0.25) is 0 Å². The largest absolute Gasteiger partial charge is 0.267 e. The van der Waals surface area contributed by atoms with Gasteiger partial charge in [-0.15, -0.1) is 0 Å². The monoisotopic (exact) mass is 309 g/mol. The Bertz CT molecular complexity index is 758. The second kappa shape index (κ2) is 5.65. The highest BCUT2D eigenvalue weighted by molar-refractivity contribution is 7.91. The van der Waals surface area contributed by atoms with E-state index in [-0.39, 0.29) is 17.2 Å². The second-order valence-corrected chi connectivity index (χ2v) is 6.77. The van der Waals surface area contributed by atoms with Crippen molar-refractivity contribution in [3.63, 3.8) is 0 Å². The van der Waals surface area contributed by atoms with Gasteiger partial charge in [-0.1, -0.05) is 11.6 Å². The molecule has 0 amide bonds. The van der Waals surface area contributed by atoms with Crippen LogP contribution in [0.1, 0.15) is 11.3 Å². The molecule has 0 aliphatic rings. The number of nitrogens with zero attached hydrogens (tertiary/aromatic N) is 3. The molecule has 104 valence electrons. The Hall–Kier alpha value is -1.84. The molecule has 0 saturated carbocycles. The minimum absolute atomic E-state index is 0.0717. The SMILES string of the molecule is Cc1c(Cl)cnn1CCS(=O)(=O)c1ccc(C#N)cc1. The summed E-state index contributed by atoms with van der Waals surface area (Å²) < 4.78 is 25.9. The number of halogens is 1. The van der Waals surface area contributed by atoms with Crippen LogP contribution in [0.2, 0.25) is 5.02 Å². The molecule has 0 aliphatic carbocycles. The summed E-state index contributed by atoms with van der Waals surface area (Å²) in [4.78, 5) is 0.201. The predicted molar refractivity (Wildman–Crippen MR) is 75.2 cm³/mol. The fourth-order valence-electron chi connectivity index (χ4n) is 1.71. The third-order valence-corrected chi connectivity index (χ3v) is 5.04. The summed E-state index contributed by atoms with van der Waals surface area (Å²) in [6.07, 6.45) is 1.49. The highest BCUT2D eigenvalue weighted by Crippen LogP contribution is 2.15.